The fourth-order valence-electron chi connectivity index (χ4n) is 6.16. The van der Waals surface area contributed by atoms with E-state index in [0.29, 0.717) is 23.6 Å². The number of ether oxygens (including phenoxy) is 1. The van der Waals surface area contributed by atoms with Gasteiger partial charge in [-0.15, -0.1) is 0 Å². The third-order valence-electron chi connectivity index (χ3n) is 8.93. The molecule has 3 aromatic carbocycles. The number of hydrogen-bond donors (Lipinski definition) is 2. The maximum Gasteiger partial charge on any atom is 0.416 e. The fourth-order valence-corrected chi connectivity index (χ4v) is 6.16. The van der Waals surface area contributed by atoms with Gasteiger partial charge in [0, 0.05) is 49.2 Å². The molecule has 6 rings (SSSR count). The number of likely N-dealkylation sites (N-methyl/N-ethyl adjacent to an activating group) is 1. The summed E-state index contributed by atoms with van der Waals surface area (Å²) in [5.41, 5.74) is 4.78. The molecule has 3 amide bonds. The van der Waals surface area contributed by atoms with Crippen LogP contribution in [0, 0.1) is 6.92 Å². The number of halogens is 3. The van der Waals surface area contributed by atoms with Crippen molar-refractivity contribution < 1.29 is 27.5 Å². The van der Waals surface area contributed by atoms with Crippen LogP contribution in [0.15, 0.2) is 94.8 Å². The lowest BCUT2D eigenvalue weighted by Crippen LogP contribution is -2.52. The molecule has 0 aromatic heterocycles. The first-order valence-corrected chi connectivity index (χ1v) is 16.3. The molecule has 49 heavy (non-hydrogen) atoms. The van der Waals surface area contributed by atoms with Gasteiger partial charge in [0.2, 0.25) is 0 Å². The van der Waals surface area contributed by atoms with Crippen molar-refractivity contribution in [3.63, 3.8) is 0 Å². The van der Waals surface area contributed by atoms with Crippen LogP contribution < -0.4 is 15.5 Å². The molecule has 3 aromatic rings. The Kier molecular flexibility index (Phi) is 9.89. The number of hydrogen-bond acceptors (Lipinski definition) is 6. The molecule has 0 spiro atoms. The Morgan fingerprint density at radius 3 is 2.53 bits per heavy atom. The number of benzene rings is 3. The number of amides is 3. The van der Waals surface area contributed by atoms with Gasteiger partial charge in [0.05, 0.1) is 31.0 Å². The Bertz CT molecular complexity index is 1840. The van der Waals surface area contributed by atoms with Gasteiger partial charge in [-0.3, -0.25) is 19.5 Å². The van der Waals surface area contributed by atoms with Crippen molar-refractivity contribution in [1.29, 1.82) is 0 Å². The molecule has 0 atom stereocenters. The number of allylic oxidation sites excluding steroid dienone is 2. The molecule has 3 heterocycles. The lowest BCUT2D eigenvalue weighted by molar-refractivity contribution is -0.137. The van der Waals surface area contributed by atoms with Crippen LogP contribution in [0.2, 0.25) is 0 Å². The summed E-state index contributed by atoms with van der Waals surface area (Å²) in [6.45, 7) is 8.33. The van der Waals surface area contributed by atoms with Crippen molar-refractivity contribution in [2.45, 2.75) is 39.4 Å². The van der Waals surface area contributed by atoms with Gasteiger partial charge in [0.15, 0.2) is 0 Å². The summed E-state index contributed by atoms with van der Waals surface area (Å²) < 4.78 is 45.2. The molecule has 12 heteroatoms. The first-order chi connectivity index (χ1) is 23.5. The Morgan fingerprint density at radius 2 is 1.78 bits per heavy atom. The first-order valence-electron chi connectivity index (χ1n) is 16.3. The second-order valence-electron chi connectivity index (χ2n) is 12.4. The fraction of sp³-hybridized carbons (Fsp3) is 0.324. The van der Waals surface area contributed by atoms with E-state index in [-0.39, 0.29) is 18.1 Å². The molecule has 0 unspecified atom stereocenters. The van der Waals surface area contributed by atoms with Gasteiger partial charge in [0.1, 0.15) is 11.7 Å². The SMILES string of the molecule is CCC1=C(Nc2cccc(CN3CCOCC3)c2)N=C2C(=CC1)CN(c1cc(NC(=O)c3cccc(C(F)(F)F)c3)ccc1C)C(=O)N2C. The molecule has 9 nitrogen and oxygen atoms in total. The summed E-state index contributed by atoms with van der Waals surface area (Å²) in [7, 11) is 1.69. The Labute approximate surface area is 283 Å². The molecule has 3 aliphatic heterocycles. The second kappa shape index (κ2) is 14.3. The van der Waals surface area contributed by atoms with Crippen LogP contribution in [-0.2, 0) is 17.5 Å². The largest absolute Gasteiger partial charge is 0.416 e. The number of alkyl halides is 3. The monoisotopic (exact) mass is 672 g/mol. The highest BCUT2D eigenvalue weighted by Gasteiger charge is 2.35. The molecule has 0 radical (unpaired) electrons. The maximum atomic E-state index is 13.9. The lowest BCUT2D eigenvalue weighted by atomic mass is 10.0. The van der Waals surface area contributed by atoms with Crippen molar-refractivity contribution in [2.24, 2.45) is 4.99 Å². The standard InChI is InChI=1S/C37H39F3N6O3/c1-4-26-12-13-28-23-46(32-21-31(14-11-24(32)2)42-35(47)27-8-6-9-29(20-27)37(38,39)40)36(48)44(3)34(28)43-33(26)41-30-10-5-7-25(19-30)22-45-15-17-49-18-16-45/h5-11,13-14,19-21,41H,4,12,15-18,22-23H2,1-3H3,(H,42,47). The number of morpholine rings is 1. The van der Waals surface area contributed by atoms with Gasteiger partial charge in [0.25, 0.3) is 5.91 Å². The smallest absolute Gasteiger partial charge is 0.379 e. The van der Waals surface area contributed by atoms with Gasteiger partial charge in [-0.25, -0.2) is 9.79 Å². The van der Waals surface area contributed by atoms with Gasteiger partial charge >= 0.3 is 12.2 Å². The van der Waals surface area contributed by atoms with E-state index >= 15 is 0 Å². The molecular formula is C37H39F3N6O3. The molecule has 2 N–H and O–H groups in total. The zero-order chi connectivity index (χ0) is 34.7. The maximum absolute atomic E-state index is 13.9. The van der Waals surface area contributed by atoms with Crippen LogP contribution in [0.1, 0.15) is 46.8 Å². The molecule has 3 aliphatic rings. The van der Waals surface area contributed by atoms with Crippen molar-refractivity contribution >= 4 is 34.8 Å². The van der Waals surface area contributed by atoms with Crippen molar-refractivity contribution in [3.8, 4) is 0 Å². The molecule has 0 saturated carbocycles. The Hall–Kier alpha value is -4.94. The van der Waals surface area contributed by atoms with E-state index in [4.69, 9.17) is 9.73 Å². The van der Waals surface area contributed by atoms with E-state index in [0.717, 1.165) is 79.6 Å². The number of aryl methyl sites for hydroxylation is 1. The van der Waals surface area contributed by atoms with Crippen LogP contribution in [0.25, 0.3) is 0 Å². The van der Waals surface area contributed by atoms with E-state index in [9.17, 15) is 22.8 Å². The molecule has 256 valence electrons. The molecule has 0 aliphatic carbocycles. The third-order valence-corrected chi connectivity index (χ3v) is 8.93. The van der Waals surface area contributed by atoms with E-state index in [1.165, 1.54) is 22.6 Å². The topological polar surface area (TPSA) is 89.5 Å². The molecule has 0 bridgehead atoms. The predicted octanol–water partition coefficient (Wildman–Crippen LogP) is 7.43. The highest BCUT2D eigenvalue weighted by molar-refractivity contribution is 6.16. The average Bonchev–Trinajstić information content (AvgIpc) is 3.26. The highest BCUT2D eigenvalue weighted by atomic mass is 19.4. The normalized spacial score (nSPS) is 17.3. The summed E-state index contributed by atoms with van der Waals surface area (Å²) in [5, 5.41) is 6.22. The number of aliphatic imine (C=N–C) groups is 1. The van der Waals surface area contributed by atoms with Gasteiger partial charge in [-0.1, -0.05) is 37.3 Å². The van der Waals surface area contributed by atoms with E-state index in [1.807, 2.05) is 19.1 Å². The zero-order valence-electron chi connectivity index (χ0n) is 27.7. The lowest BCUT2D eigenvalue weighted by Gasteiger charge is -2.36. The van der Waals surface area contributed by atoms with Crippen molar-refractivity contribution in [1.82, 2.24) is 9.80 Å². The molecule has 2 saturated heterocycles. The summed E-state index contributed by atoms with van der Waals surface area (Å²) in [4.78, 5) is 37.4. The van der Waals surface area contributed by atoms with Crippen LogP contribution in [-0.4, -0.2) is 67.5 Å². The minimum absolute atomic E-state index is 0.123. The zero-order valence-corrected chi connectivity index (χ0v) is 27.7. The summed E-state index contributed by atoms with van der Waals surface area (Å²) in [5.74, 6) is 0.591. The van der Waals surface area contributed by atoms with Crippen LogP contribution in [0.4, 0.5) is 35.0 Å². The number of nitrogens with one attached hydrogen (secondary N) is 2. The molecule has 2 fully saturated rings. The number of rotatable bonds is 8. The van der Waals surface area contributed by atoms with Gasteiger partial charge in [-0.05, 0) is 78.9 Å². The Morgan fingerprint density at radius 1 is 1.00 bits per heavy atom. The van der Waals surface area contributed by atoms with E-state index in [2.05, 4.69) is 40.7 Å². The van der Waals surface area contributed by atoms with Crippen molar-refractivity contribution in [3.05, 3.63) is 112 Å². The minimum Gasteiger partial charge on any atom is -0.379 e. The number of amidine groups is 1. The summed E-state index contributed by atoms with van der Waals surface area (Å²) in [6, 6.07) is 17.3. The quantitative estimate of drug-likeness (QED) is 0.260. The number of carbonyl (C=O) groups is 2. The van der Waals surface area contributed by atoms with Crippen molar-refractivity contribution in [2.75, 3.05) is 55.4 Å². The average molecular weight is 673 g/mol. The highest BCUT2D eigenvalue weighted by Crippen LogP contribution is 2.33. The number of nitrogens with zero attached hydrogens (tertiary/aromatic N) is 4. The summed E-state index contributed by atoms with van der Waals surface area (Å²) in [6.07, 6.45) is -1.05. The molecular weight excluding hydrogens is 633 g/mol. The van der Waals surface area contributed by atoms with Gasteiger partial charge < -0.3 is 15.4 Å². The third kappa shape index (κ3) is 7.71. The predicted molar refractivity (Wildman–Crippen MR) is 185 cm³/mol. The summed E-state index contributed by atoms with van der Waals surface area (Å²) >= 11 is 0. The minimum atomic E-state index is -4.57. The first kappa shape index (κ1) is 33.9. The second-order valence-corrected chi connectivity index (χ2v) is 12.4. The number of anilines is 3. The van der Waals surface area contributed by atoms with Crippen LogP contribution in [0.5, 0.6) is 0 Å². The number of fused-ring (bicyclic) bond motifs is 1. The van der Waals surface area contributed by atoms with E-state index in [1.54, 1.807) is 30.1 Å². The van der Waals surface area contributed by atoms with Gasteiger partial charge in [-0.2, -0.15) is 13.2 Å². The Balaban J connectivity index is 1.21. The van der Waals surface area contributed by atoms with Crippen LogP contribution in [0.3, 0.4) is 0 Å². The van der Waals surface area contributed by atoms with Crippen LogP contribution >= 0.6 is 0 Å². The van der Waals surface area contributed by atoms with E-state index < -0.39 is 17.6 Å². The number of carbonyl (C=O) groups excluding carboxylic acids is 2. The number of urea groups is 1.